The van der Waals surface area contributed by atoms with Gasteiger partial charge in [0.1, 0.15) is 0 Å². The minimum atomic E-state index is -0.190. The van der Waals surface area contributed by atoms with Gasteiger partial charge in [0, 0.05) is 14.2 Å². The summed E-state index contributed by atoms with van der Waals surface area (Å²) >= 11 is 3.26. The second-order valence-electron chi connectivity index (χ2n) is 2.45. The zero-order valence-corrected chi connectivity index (χ0v) is 8.58. The van der Waals surface area contributed by atoms with Crippen LogP contribution in [0.25, 0.3) is 0 Å². The van der Waals surface area contributed by atoms with Crippen LogP contribution in [-0.4, -0.2) is 28.7 Å². The Kier molecular flexibility index (Phi) is 3.19. The van der Waals surface area contributed by atoms with E-state index in [4.69, 9.17) is 10.5 Å². The van der Waals surface area contributed by atoms with E-state index in [1.165, 1.54) is 0 Å². The summed E-state index contributed by atoms with van der Waals surface area (Å²) in [6.07, 6.45) is 0. The Hall–Kier alpha value is -0.460. The maximum absolute atomic E-state index is 5.80. The molecule has 0 spiro atoms. The summed E-state index contributed by atoms with van der Waals surface area (Å²) in [5.74, 6) is 0. The van der Waals surface area contributed by atoms with E-state index in [0.29, 0.717) is 11.2 Å². The molecule has 1 aromatic rings. The highest BCUT2D eigenvalue weighted by atomic mass is 79.9. The molecule has 0 aliphatic rings. The van der Waals surface area contributed by atoms with Crippen LogP contribution in [0.1, 0.15) is 11.7 Å². The highest BCUT2D eigenvalue weighted by Gasteiger charge is 2.15. The Balaban J connectivity index is 2.85. The number of aromatic nitrogens is 3. The van der Waals surface area contributed by atoms with Crippen molar-refractivity contribution in [2.45, 2.75) is 6.04 Å². The SMILES string of the molecule is COCC(N)c1c(Br)nnn1C. The van der Waals surface area contributed by atoms with Gasteiger partial charge in [-0.05, 0) is 15.9 Å². The summed E-state index contributed by atoms with van der Waals surface area (Å²) in [4.78, 5) is 0. The van der Waals surface area contributed by atoms with Crippen LogP contribution < -0.4 is 5.73 Å². The standard InChI is InChI=1S/C6H11BrN4O/c1-11-5(4(8)3-12-2)6(7)9-10-11/h4H,3,8H2,1-2H3. The highest BCUT2D eigenvalue weighted by Crippen LogP contribution is 2.18. The predicted octanol–water partition coefficient (Wildman–Crippen LogP) is 0.224. The average molecular weight is 235 g/mol. The zero-order valence-electron chi connectivity index (χ0n) is 6.99. The highest BCUT2D eigenvalue weighted by molar-refractivity contribution is 9.10. The van der Waals surface area contributed by atoms with Crippen molar-refractivity contribution in [2.24, 2.45) is 12.8 Å². The van der Waals surface area contributed by atoms with Crippen LogP contribution in [0.15, 0.2) is 4.60 Å². The van der Waals surface area contributed by atoms with Gasteiger partial charge >= 0.3 is 0 Å². The Morgan fingerprint density at radius 3 is 2.83 bits per heavy atom. The van der Waals surface area contributed by atoms with Crippen molar-refractivity contribution in [3.63, 3.8) is 0 Å². The summed E-state index contributed by atoms with van der Waals surface area (Å²) in [5, 5.41) is 7.62. The lowest BCUT2D eigenvalue weighted by Gasteiger charge is -2.09. The van der Waals surface area contributed by atoms with Crippen molar-refractivity contribution < 1.29 is 4.74 Å². The molecule has 0 amide bonds. The average Bonchev–Trinajstić information content (AvgIpc) is 2.32. The summed E-state index contributed by atoms with van der Waals surface area (Å²) in [6, 6.07) is -0.190. The van der Waals surface area contributed by atoms with Crippen molar-refractivity contribution in [3.05, 3.63) is 10.3 Å². The molecule has 12 heavy (non-hydrogen) atoms. The Labute approximate surface area is 79.0 Å². The monoisotopic (exact) mass is 234 g/mol. The molecule has 1 atom stereocenters. The molecule has 0 aliphatic heterocycles. The van der Waals surface area contributed by atoms with Crippen molar-refractivity contribution in [1.82, 2.24) is 15.0 Å². The van der Waals surface area contributed by atoms with Gasteiger partial charge in [0.05, 0.1) is 18.3 Å². The first kappa shape index (κ1) is 9.63. The van der Waals surface area contributed by atoms with Crippen molar-refractivity contribution in [3.8, 4) is 0 Å². The van der Waals surface area contributed by atoms with Crippen molar-refractivity contribution >= 4 is 15.9 Å². The lowest BCUT2D eigenvalue weighted by atomic mass is 10.2. The molecule has 0 aromatic carbocycles. The van der Waals surface area contributed by atoms with E-state index in [-0.39, 0.29) is 6.04 Å². The molecule has 68 valence electrons. The van der Waals surface area contributed by atoms with Gasteiger partial charge in [-0.15, -0.1) is 5.10 Å². The van der Waals surface area contributed by atoms with Crippen LogP contribution in [-0.2, 0) is 11.8 Å². The molecule has 0 saturated heterocycles. The van der Waals surface area contributed by atoms with E-state index in [1.54, 1.807) is 18.8 Å². The van der Waals surface area contributed by atoms with Crippen molar-refractivity contribution in [1.29, 1.82) is 0 Å². The molecule has 2 N–H and O–H groups in total. The number of rotatable bonds is 3. The van der Waals surface area contributed by atoms with E-state index >= 15 is 0 Å². The maximum atomic E-state index is 5.80. The fourth-order valence-corrected chi connectivity index (χ4v) is 1.61. The van der Waals surface area contributed by atoms with Gasteiger partial charge < -0.3 is 10.5 Å². The number of hydrogen-bond donors (Lipinski definition) is 1. The summed E-state index contributed by atoms with van der Waals surface area (Å²) in [7, 11) is 3.40. The Bertz CT molecular complexity index is 243. The van der Waals surface area contributed by atoms with E-state index in [9.17, 15) is 0 Å². The van der Waals surface area contributed by atoms with E-state index in [0.717, 1.165) is 5.69 Å². The van der Waals surface area contributed by atoms with E-state index in [1.807, 2.05) is 0 Å². The van der Waals surface area contributed by atoms with Gasteiger partial charge in [-0.2, -0.15) is 0 Å². The molecule has 1 unspecified atom stereocenters. The van der Waals surface area contributed by atoms with Crippen LogP contribution in [0, 0.1) is 0 Å². The lowest BCUT2D eigenvalue weighted by Crippen LogP contribution is -2.19. The fraction of sp³-hybridized carbons (Fsp3) is 0.667. The molecule has 5 nitrogen and oxygen atoms in total. The largest absolute Gasteiger partial charge is 0.383 e. The summed E-state index contributed by atoms with van der Waals surface area (Å²) in [5.41, 5.74) is 6.64. The number of hydrogen-bond acceptors (Lipinski definition) is 4. The molecule has 6 heteroatoms. The molecule has 1 heterocycles. The number of nitrogens with two attached hydrogens (primary N) is 1. The summed E-state index contributed by atoms with van der Waals surface area (Å²) in [6.45, 7) is 0.458. The van der Waals surface area contributed by atoms with Gasteiger partial charge in [-0.1, -0.05) is 5.21 Å². The quantitative estimate of drug-likeness (QED) is 0.814. The molecule has 1 aromatic heterocycles. The first-order valence-corrected chi connectivity index (χ1v) is 4.25. The van der Waals surface area contributed by atoms with Crippen LogP contribution in [0.5, 0.6) is 0 Å². The lowest BCUT2D eigenvalue weighted by molar-refractivity contribution is 0.178. The number of halogens is 1. The molecule has 1 rings (SSSR count). The number of aryl methyl sites for hydroxylation is 1. The van der Waals surface area contributed by atoms with Crippen LogP contribution >= 0.6 is 15.9 Å². The molecule has 0 aliphatic carbocycles. The topological polar surface area (TPSA) is 66.0 Å². The van der Waals surface area contributed by atoms with Gasteiger partial charge in [-0.3, -0.25) is 0 Å². The molecule has 0 bridgehead atoms. The molecular formula is C6H11BrN4O. The van der Waals surface area contributed by atoms with Crippen LogP contribution in [0.2, 0.25) is 0 Å². The third-order valence-corrected chi connectivity index (χ3v) is 2.09. The first-order valence-electron chi connectivity index (χ1n) is 3.46. The molecular weight excluding hydrogens is 224 g/mol. The molecule has 0 radical (unpaired) electrons. The molecule has 0 fully saturated rings. The van der Waals surface area contributed by atoms with Crippen LogP contribution in [0.4, 0.5) is 0 Å². The Morgan fingerprint density at radius 2 is 2.42 bits per heavy atom. The number of ether oxygens (including phenoxy) is 1. The summed E-state index contributed by atoms with van der Waals surface area (Å²) < 4.78 is 7.23. The van der Waals surface area contributed by atoms with Gasteiger partial charge in [0.15, 0.2) is 4.60 Å². The smallest absolute Gasteiger partial charge is 0.153 e. The van der Waals surface area contributed by atoms with Gasteiger partial charge in [0.2, 0.25) is 0 Å². The number of nitrogens with zero attached hydrogens (tertiary/aromatic N) is 3. The normalized spacial score (nSPS) is 13.3. The van der Waals surface area contributed by atoms with E-state index in [2.05, 4.69) is 26.2 Å². The fourth-order valence-electron chi connectivity index (χ4n) is 0.991. The van der Waals surface area contributed by atoms with Gasteiger partial charge in [-0.25, -0.2) is 4.68 Å². The van der Waals surface area contributed by atoms with Crippen molar-refractivity contribution in [2.75, 3.05) is 13.7 Å². The minimum Gasteiger partial charge on any atom is -0.383 e. The Morgan fingerprint density at radius 1 is 1.75 bits per heavy atom. The predicted molar refractivity (Wildman–Crippen MR) is 47.5 cm³/mol. The second kappa shape index (κ2) is 3.97. The van der Waals surface area contributed by atoms with Crippen LogP contribution in [0.3, 0.4) is 0 Å². The number of methoxy groups -OCH3 is 1. The third kappa shape index (κ3) is 1.82. The third-order valence-electron chi connectivity index (χ3n) is 1.52. The maximum Gasteiger partial charge on any atom is 0.153 e. The molecule has 0 saturated carbocycles. The zero-order chi connectivity index (χ0) is 9.14. The van der Waals surface area contributed by atoms with Gasteiger partial charge in [0.25, 0.3) is 0 Å². The van der Waals surface area contributed by atoms with E-state index < -0.39 is 0 Å². The second-order valence-corrected chi connectivity index (χ2v) is 3.20. The minimum absolute atomic E-state index is 0.190. The first-order chi connectivity index (χ1) is 5.66.